The van der Waals surface area contributed by atoms with Crippen LogP contribution in [0.5, 0.6) is 0 Å². The van der Waals surface area contributed by atoms with Gasteiger partial charge in [-0.25, -0.2) is 0 Å². The predicted molar refractivity (Wildman–Crippen MR) is 93.1 cm³/mol. The molecule has 3 rings (SSSR count). The van der Waals surface area contributed by atoms with Gasteiger partial charge in [0.2, 0.25) is 0 Å². The summed E-state index contributed by atoms with van der Waals surface area (Å²) in [6.07, 6.45) is 5.18. The van der Waals surface area contributed by atoms with Gasteiger partial charge in [0.1, 0.15) is 0 Å². The molecule has 1 aliphatic heterocycles. The fourth-order valence-corrected chi connectivity index (χ4v) is 3.53. The molecule has 0 atom stereocenters. The average molecular weight is 313 g/mol. The van der Waals surface area contributed by atoms with Crippen molar-refractivity contribution in [3.63, 3.8) is 0 Å². The summed E-state index contributed by atoms with van der Waals surface area (Å²) in [5.74, 6) is 0. The van der Waals surface area contributed by atoms with E-state index >= 15 is 0 Å². The van der Waals surface area contributed by atoms with Gasteiger partial charge in [0, 0.05) is 24.3 Å². The maximum absolute atomic E-state index is 9.67. The lowest BCUT2D eigenvalue weighted by Crippen LogP contribution is -2.41. The van der Waals surface area contributed by atoms with Gasteiger partial charge < -0.3 is 5.11 Å². The van der Waals surface area contributed by atoms with E-state index in [2.05, 4.69) is 53.2 Å². The van der Waals surface area contributed by atoms with E-state index in [0.717, 1.165) is 44.6 Å². The SMILES string of the molecule is CCC1(CO)CCN(Cc2cn[nH]c2-c2cccc(C)c2)CC1. The van der Waals surface area contributed by atoms with E-state index in [1.807, 2.05) is 6.20 Å². The lowest BCUT2D eigenvalue weighted by molar-refractivity contribution is 0.0383. The fourth-order valence-electron chi connectivity index (χ4n) is 3.53. The number of rotatable bonds is 5. The Morgan fingerprint density at radius 1 is 1.30 bits per heavy atom. The molecule has 2 heterocycles. The lowest BCUT2D eigenvalue weighted by atomic mass is 9.77. The largest absolute Gasteiger partial charge is 0.396 e. The average Bonchev–Trinajstić information content (AvgIpc) is 3.04. The molecule has 1 saturated heterocycles. The smallest absolute Gasteiger partial charge is 0.0695 e. The molecule has 0 unspecified atom stereocenters. The third kappa shape index (κ3) is 3.48. The molecule has 124 valence electrons. The second-order valence-electron chi connectivity index (χ2n) is 6.93. The number of nitrogens with zero attached hydrogens (tertiary/aromatic N) is 2. The summed E-state index contributed by atoms with van der Waals surface area (Å²) in [4.78, 5) is 2.48. The molecule has 1 aromatic heterocycles. The molecule has 1 aromatic carbocycles. The number of aromatic nitrogens is 2. The molecule has 1 aliphatic rings. The summed E-state index contributed by atoms with van der Waals surface area (Å²) in [5, 5.41) is 17.1. The summed E-state index contributed by atoms with van der Waals surface area (Å²) in [7, 11) is 0. The van der Waals surface area contributed by atoms with Crippen molar-refractivity contribution in [2.24, 2.45) is 5.41 Å². The maximum atomic E-state index is 9.67. The van der Waals surface area contributed by atoms with Crippen LogP contribution in [0.25, 0.3) is 11.3 Å². The van der Waals surface area contributed by atoms with Crippen molar-refractivity contribution < 1.29 is 5.11 Å². The highest BCUT2D eigenvalue weighted by Crippen LogP contribution is 2.35. The van der Waals surface area contributed by atoms with E-state index in [4.69, 9.17) is 0 Å². The molecule has 0 bridgehead atoms. The second kappa shape index (κ2) is 6.85. The number of piperidine rings is 1. The first-order chi connectivity index (χ1) is 11.2. The number of nitrogens with one attached hydrogen (secondary N) is 1. The molecular weight excluding hydrogens is 286 g/mol. The Balaban J connectivity index is 1.70. The monoisotopic (exact) mass is 313 g/mol. The highest BCUT2D eigenvalue weighted by Gasteiger charge is 2.32. The molecule has 4 nitrogen and oxygen atoms in total. The van der Waals surface area contributed by atoms with Gasteiger partial charge in [-0.1, -0.05) is 30.7 Å². The van der Waals surface area contributed by atoms with Crippen LogP contribution >= 0.6 is 0 Å². The summed E-state index contributed by atoms with van der Waals surface area (Å²) < 4.78 is 0. The van der Waals surface area contributed by atoms with Crippen LogP contribution in [0.15, 0.2) is 30.5 Å². The lowest BCUT2D eigenvalue weighted by Gasteiger charge is -2.40. The highest BCUT2D eigenvalue weighted by molar-refractivity contribution is 5.63. The van der Waals surface area contributed by atoms with Crippen molar-refractivity contribution in [2.75, 3.05) is 19.7 Å². The Kier molecular flexibility index (Phi) is 4.83. The molecule has 0 spiro atoms. The second-order valence-corrected chi connectivity index (χ2v) is 6.93. The van der Waals surface area contributed by atoms with E-state index < -0.39 is 0 Å². The zero-order chi connectivity index (χ0) is 16.3. The summed E-state index contributed by atoms with van der Waals surface area (Å²) in [6, 6.07) is 8.53. The van der Waals surface area contributed by atoms with Crippen LogP contribution in [0.3, 0.4) is 0 Å². The van der Waals surface area contributed by atoms with E-state index in [1.54, 1.807) is 0 Å². The Hall–Kier alpha value is -1.65. The quantitative estimate of drug-likeness (QED) is 0.890. The van der Waals surface area contributed by atoms with Crippen LogP contribution in [0.4, 0.5) is 0 Å². The first-order valence-corrected chi connectivity index (χ1v) is 8.58. The summed E-state index contributed by atoms with van der Waals surface area (Å²) in [6.45, 7) is 7.64. The Morgan fingerprint density at radius 2 is 2.09 bits per heavy atom. The van der Waals surface area contributed by atoms with Gasteiger partial charge in [-0.15, -0.1) is 0 Å². The van der Waals surface area contributed by atoms with Gasteiger partial charge in [-0.05, 0) is 50.8 Å². The number of likely N-dealkylation sites (tertiary alicyclic amines) is 1. The Bertz CT molecular complexity index is 636. The van der Waals surface area contributed by atoms with Gasteiger partial charge in [-0.3, -0.25) is 10.00 Å². The molecule has 4 heteroatoms. The predicted octanol–water partition coefficient (Wildman–Crippen LogP) is 3.37. The summed E-state index contributed by atoms with van der Waals surface area (Å²) >= 11 is 0. The number of benzene rings is 1. The van der Waals surface area contributed by atoms with Crippen LogP contribution in [0, 0.1) is 12.3 Å². The Morgan fingerprint density at radius 3 is 2.74 bits per heavy atom. The number of hydrogen-bond donors (Lipinski definition) is 2. The van der Waals surface area contributed by atoms with Crippen molar-refractivity contribution >= 4 is 0 Å². The zero-order valence-electron chi connectivity index (χ0n) is 14.2. The molecular formula is C19H27N3O. The van der Waals surface area contributed by atoms with Crippen molar-refractivity contribution in [2.45, 2.75) is 39.7 Å². The molecule has 2 N–H and O–H groups in total. The van der Waals surface area contributed by atoms with Gasteiger partial charge in [-0.2, -0.15) is 5.10 Å². The van der Waals surface area contributed by atoms with Gasteiger partial charge in [0.15, 0.2) is 0 Å². The third-order valence-electron chi connectivity index (χ3n) is 5.42. The standard InChI is InChI=1S/C19H27N3O/c1-3-19(14-23)7-9-22(10-8-19)13-17-12-20-21-18(17)16-6-4-5-15(2)11-16/h4-6,11-12,23H,3,7-10,13-14H2,1-2H3,(H,20,21). The molecule has 23 heavy (non-hydrogen) atoms. The highest BCUT2D eigenvalue weighted by atomic mass is 16.3. The zero-order valence-corrected chi connectivity index (χ0v) is 14.2. The van der Waals surface area contributed by atoms with Crippen LogP contribution in [-0.2, 0) is 6.54 Å². The number of aryl methyl sites for hydroxylation is 1. The van der Waals surface area contributed by atoms with Gasteiger partial charge in [0.25, 0.3) is 0 Å². The summed E-state index contributed by atoms with van der Waals surface area (Å²) in [5.41, 5.74) is 4.99. The maximum Gasteiger partial charge on any atom is 0.0695 e. The molecule has 0 amide bonds. The van der Waals surface area contributed by atoms with Crippen LogP contribution in [0.1, 0.15) is 37.3 Å². The first-order valence-electron chi connectivity index (χ1n) is 8.58. The van der Waals surface area contributed by atoms with Crippen LogP contribution < -0.4 is 0 Å². The normalized spacial score (nSPS) is 18.2. The van der Waals surface area contributed by atoms with E-state index in [0.29, 0.717) is 6.61 Å². The fraction of sp³-hybridized carbons (Fsp3) is 0.526. The van der Waals surface area contributed by atoms with Crippen molar-refractivity contribution in [1.29, 1.82) is 0 Å². The molecule has 0 saturated carbocycles. The number of H-pyrrole nitrogens is 1. The Labute approximate surface area is 138 Å². The van der Waals surface area contributed by atoms with Crippen molar-refractivity contribution in [1.82, 2.24) is 15.1 Å². The number of aromatic amines is 1. The van der Waals surface area contributed by atoms with Gasteiger partial charge >= 0.3 is 0 Å². The van der Waals surface area contributed by atoms with E-state index in [1.165, 1.54) is 16.7 Å². The number of hydrogen-bond acceptors (Lipinski definition) is 3. The van der Waals surface area contributed by atoms with Crippen LogP contribution in [-0.4, -0.2) is 39.9 Å². The first kappa shape index (κ1) is 16.2. The minimum Gasteiger partial charge on any atom is -0.396 e. The molecule has 2 aromatic rings. The van der Waals surface area contributed by atoms with Gasteiger partial charge in [0.05, 0.1) is 11.9 Å². The minimum absolute atomic E-state index is 0.145. The minimum atomic E-state index is 0.145. The van der Waals surface area contributed by atoms with Crippen molar-refractivity contribution in [3.05, 3.63) is 41.6 Å². The topological polar surface area (TPSA) is 52.1 Å². The third-order valence-corrected chi connectivity index (χ3v) is 5.42. The van der Waals surface area contributed by atoms with Crippen LogP contribution in [0.2, 0.25) is 0 Å². The van der Waals surface area contributed by atoms with E-state index in [-0.39, 0.29) is 5.41 Å². The number of aliphatic hydroxyl groups is 1. The van der Waals surface area contributed by atoms with E-state index in [9.17, 15) is 5.11 Å². The number of aliphatic hydroxyl groups excluding tert-OH is 1. The van der Waals surface area contributed by atoms with Crippen molar-refractivity contribution in [3.8, 4) is 11.3 Å². The molecule has 0 aliphatic carbocycles. The molecule has 0 radical (unpaired) electrons. The molecule has 1 fully saturated rings.